The van der Waals surface area contributed by atoms with Crippen LogP contribution in [0.25, 0.3) is 11.1 Å². The van der Waals surface area contributed by atoms with Crippen LogP contribution in [-0.4, -0.2) is 36.2 Å². The maximum absolute atomic E-state index is 13.9. The van der Waals surface area contributed by atoms with Crippen LogP contribution in [0.3, 0.4) is 0 Å². The molecule has 1 aromatic heterocycles. The highest BCUT2D eigenvalue weighted by molar-refractivity contribution is 7.89. The molecule has 1 aliphatic heterocycles. The van der Waals surface area contributed by atoms with Crippen molar-refractivity contribution in [2.75, 3.05) is 13.1 Å². The number of halogens is 6. The Hall–Kier alpha value is -3.45. The average Bonchev–Trinajstić information content (AvgIpc) is 3.40. The van der Waals surface area contributed by atoms with Crippen molar-refractivity contribution in [1.29, 1.82) is 0 Å². The third-order valence-electron chi connectivity index (χ3n) is 6.12. The van der Waals surface area contributed by atoms with E-state index in [0.29, 0.717) is 29.5 Å². The molecule has 13 heteroatoms. The number of hydrogen-bond donors (Lipinski definition) is 0. The van der Waals surface area contributed by atoms with Gasteiger partial charge in [-0.25, -0.2) is 8.42 Å². The molecule has 0 N–H and O–H groups in total. The van der Waals surface area contributed by atoms with Gasteiger partial charge in [-0.1, -0.05) is 24.3 Å². The van der Waals surface area contributed by atoms with Crippen LogP contribution in [0.1, 0.15) is 34.3 Å². The molecule has 2 aromatic carbocycles. The van der Waals surface area contributed by atoms with E-state index in [9.17, 15) is 44.3 Å². The van der Waals surface area contributed by atoms with Gasteiger partial charge >= 0.3 is 12.4 Å². The fourth-order valence-corrected chi connectivity index (χ4v) is 5.72. The third-order valence-corrected chi connectivity index (χ3v) is 8.00. The van der Waals surface area contributed by atoms with E-state index < -0.39 is 57.0 Å². The van der Waals surface area contributed by atoms with Crippen molar-refractivity contribution in [3.63, 3.8) is 0 Å². The van der Waals surface area contributed by atoms with Crippen LogP contribution in [0.4, 0.5) is 26.3 Å². The van der Waals surface area contributed by atoms with E-state index >= 15 is 0 Å². The summed E-state index contributed by atoms with van der Waals surface area (Å²) < 4.78 is 108. The molecule has 1 fully saturated rings. The van der Waals surface area contributed by atoms with E-state index in [0.717, 1.165) is 42.6 Å². The first kappa shape index (κ1) is 27.6. The van der Waals surface area contributed by atoms with Gasteiger partial charge in [0.25, 0.3) is 5.56 Å². The summed E-state index contributed by atoms with van der Waals surface area (Å²) in [6.45, 7) is -0.310. The molecule has 0 aliphatic carbocycles. The quantitative estimate of drug-likeness (QED) is 0.307. The molecule has 1 aliphatic rings. The first-order chi connectivity index (χ1) is 17.7. The zero-order chi connectivity index (χ0) is 27.9. The van der Waals surface area contributed by atoms with E-state index in [1.165, 1.54) is 10.4 Å². The lowest BCUT2D eigenvalue weighted by molar-refractivity contribution is -0.138. The van der Waals surface area contributed by atoms with Gasteiger partial charge in [0.1, 0.15) is 0 Å². The zero-order valence-corrected chi connectivity index (χ0v) is 20.3. The smallest absolute Gasteiger partial charge is 0.306 e. The molecule has 0 unspecified atom stereocenters. The number of benzene rings is 2. The molecular weight excluding hydrogens is 538 g/mol. The second kappa shape index (κ2) is 10.0. The van der Waals surface area contributed by atoms with Crippen LogP contribution >= 0.6 is 0 Å². The van der Waals surface area contributed by atoms with Crippen LogP contribution in [0.15, 0.2) is 70.5 Å². The van der Waals surface area contributed by atoms with Gasteiger partial charge in [-0.05, 0) is 48.2 Å². The molecule has 0 amide bonds. The van der Waals surface area contributed by atoms with Gasteiger partial charge in [0.15, 0.2) is 5.78 Å². The molecule has 0 saturated carbocycles. The minimum atomic E-state index is -5.05. The summed E-state index contributed by atoms with van der Waals surface area (Å²) in [5.41, 5.74) is -4.39. The summed E-state index contributed by atoms with van der Waals surface area (Å²) in [7, 11) is -3.96. The van der Waals surface area contributed by atoms with Gasteiger partial charge in [-0.15, -0.1) is 0 Å². The Kier molecular flexibility index (Phi) is 7.28. The largest absolute Gasteiger partial charge is 0.417 e. The standard InChI is InChI=1S/C25H20F6N2O4S/c26-24(27,28)18-5-3-4-16(12-18)17-6-8-20(21(13-17)25(29,30)31)22(34)15-32-14-19(7-9-23(32)35)38(36,37)33-10-1-2-11-33/h3-9,12-14H,1-2,10-11,15H2. The molecule has 0 atom stereocenters. The minimum absolute atomic E-state index is 0.139. The number of carbonyl (C=O) groups is 1. The molecule has 38 heavy (non-hydrogen) atoms. The van der Waals surface area contributed by atoms with Crippen molar-refractivity contribution in [3.8, 4) is 11.1 Å². The van der Waals surface area contributed by atoms with Gasteiger partial charge in [0.05, 0.1) is 22.6 Å². The molecule has 202 valence electrons. The number of nitrogens with zero attached hydrogens (tertiary/aromatic N) is 2. The highest BCUT2D eigenvalue weighted by Crippen LogP contribution is 2.37. The SMILES string of the molecule is O=C(Cn1cc(S(=O)(=O)N2CCCC2)ccc1=O)c1ccc(-c2cccc(C(F)(F)F)c2)cc1C(F)(F)F. The van der Waals surface area contributed by atoms with E-state index in [-0.39, 0.29) is 29.1 Å². The van der Waals surface area contributed by atoms with Crippen molar-refractivity contribution in [2.45, 2.75) is 36.6 Å². The van der Waals surface area contributed by atoms with Gasteiger partial charge < -0.3 is 4.57 Å². The monoisotopic (exact) mass is 558 g/mol. The van der Waals surface area contributed by atoms with Crippen molar-refractivity contribution >= 4 is 15.8 Å². The lowest BCUT2D eigenvalue weighted by atomic mass is 9.95. The normalized spacial score (nSPS) is 15.1. The molecular formula is C25H20F6N2O4S. The number of sulfonamides is 1. The van der Waals surface area contributed by atoms with Crippen LogP contribution < -0.4 is 5.56 Å². The summed E-state index contributed by atoms with van der Waals surface area (Å²) in [5, 5.41) is 0. The molecule has 1 saturated heterocycles. The predicted molar refractivity (Wildman–Crippen MR) is 125 cm³/mol. The van der Waals surface area contributed by atoms with Crippen molar-refractivity contribution in [3.05, 3.63) is 87.8 Å². The fourth-order valence-electron chi connectivity index (χ4n) is 4.18. The summed E-state index contributed by atoms with van der Waals surface area (Å²) in [6.07, 6.45) is -7.52. The Morgan fingerprint density at radius 3 is 2.13 bits per heavy atom. The molecule has 3 aromatic rings. The Balaban J connectivity index is 1.69. The van der Waals surface area contributed by atoms with E-state index in [4.69, 9.17) is 0 Å². The third kappa shape index (κ3) is 5.68. The maximum Gasteiger partial charge on any atom is 0.417 e. The van der Waals surface area contributed by atoms with Gasteiger partial charge in [-0.2, -0.15) is 30.6 Å². The first-order valence-electron chi connectivity index (χ1n) is 11.3. The number of pyridine rings is 1. The average molecular weight is 559 g/mol. The van der Waals surface area contributed by atoms with Gasteiger partial charge in [0, 0.05) is 30.9 Å². The number of hydrogen-bond acceptors (Lipinski definition) is 4. The molecule has 0 radical (unpaired) electrons. The zero-order valence-electron chi connectivity index (χ0n) is 19.5. The molecule has 0 spiro atoms. The second-order valence-electron chi connectivity index (χ2n) is 8.70. The molecule has 2 heterocycles. The Labute approximate surface area is 213 Å². The van der Waals surface area contributed by atoms with Gasteiger partial charge in [0.2, 0.25) is 10.0 Å². The van der Waals surface area contributed by atoms with Crippen LogP contribution in [0.5, 0.6) is 0 Å². The lowest BCUT2D eigenvalue weighted by Gasteiger charge is -2.17. The highest BCUT2D eigenvalue weighted by atomic mass is 32.2. The van der Waals surface area contributed by atoms with Crippen LogP contribution in [0, 0.1) is 0 Å². The van der Waals surface area contributed by atoms with Gasteiger partial charge in [-0.3, -0.25) is 9.59 Å². The number of alkyl halides is 6. The molecule has 0 bridgehead atoms. The maximum atomic E-state index is 13.9. The van der Waals surface area contributed by atoms with Crippen molar-refractivity contribution < 1.29 is 39.6 Å². The minimum Gasteiger partial charge on any atom is -0.306 e. The first-order valence-corrected chi connectivity index (χ1v) is 12.7. The summed E-state index contributed by atoms with van der Waals surface area (Å²) in [5.74, 6) is -1.13. The van der Waals surface area contributed by atoms with Crippen molar-refractivity contribution in [2.24, 2.45) is 0 Å². The Morgan fingerprint density at radius 1 is 0.842 bits per heavy atom. The number of ketones is 1. The lowest BCUT2D eigenvalue weighted by Crippen LogP contribution is -2.30. The van der Waals surface area contributed by atoms with E-state index in [1.54, 1.807) is 0 Å². The predicted octanol–water partition coefficient (Wildman–Crippen LogP) is 5.22. The summed E-state index contributed by atoms with van der Waals surface area (Å²) >= 11 is 0. The molecule has 4 rings (SSSR count). The van der Waals surface area contributed by atoms with E-state index in [1.807, 2.05) is 0 Å². The Morgan fingerprint density at radius 2 is 1.50 bits per heavy atom. The van der Waals surface area contributed by atoms with Crippen LogP contribution in [0.2, 0.25) is 0 Å². The van der Waals surface area contributed by atoms with Crippen LogP contribution in [-0.2, 0) is 28.9 Å². The number of carbonyl (C=O) groups excluding carboxylic acids is 1. The summed E-state index contributed by atoms with van der Waals surface area (Å²) in [4.78, 5) is 24.9. The molecule has 6 nitrogen and oxygen atoms in total. The topological polar surface area (TPSA) is 76.5 Å². The Bertz CT molecular complexity index is 1540. The number of rotatable bonds is 6. The number of aromatic nitrogens is 1. The van der Waals surface area contributed by atoms with Crippen molar-refractivity contribution in [1.82, 2.24) is 8.87 Å². The number of Topliss-reactive ketones (excluding diaryl/α,β-unsaturated/α-hetero) is 1. The summed E-state index contributed by atoms with van der Waals surface area (Å²) in [6, 6.07) is 8.20. The second-order valence-corrected chi connectivity index (χ2v) is 10.6. The fraction of sp³-hybridized carbons (Fsp3) is 0.280. The highest BCUT2D eigenvalue weighted by Gasteiger charge is 2.36. The van der Waals surface area contributed by atoms with E-state index in [2.05, 4.69) is 0 Å².